The first kappa shape index (κ1) is 17.9. The molecule has 0 fully saturated rings. The highest BCUT2D eigenvalue weighted by atomic mass is 32.1. The lowest BCUT2D eigenvalue weighted by atomic mass is 10.0. The molecular formula is C26H24S2. The van der Waals surface area contributed by atoms with Crippen LogP contribution in [0.2, 0.25) is 0 Å². The van der Waals surface area contributed by atoms with E-state index in [-0.39, 0.29) is 0 Å². The van der Waals surface area contributed by atoms with Gasteiger partial charge in [-0.25, -0.2) is 0 Å². The average Bonchev–Trinajstić information content (AvgIpc) is 3.28. The third-order valence-electron chi connectivity index (χ3n) is 5.52. The summed E-state index contributed by atoms with van der Waals surface area (Å²) in [5.41, 5.74) is 1.33. The van der Waals surface area contributed by atoms with Crippen LogP contribution in [-0.4, -0.2) is 0 Å². The van der Waals surface area contributed by atoms with Crippen LogP contribution in [0.25, 0.3) is 41.4 Å². The Bertz CT molecular complexity index is 1220. The Balaban J connectivity index is 1.44. The fraction of sp³-hybridized carbons (Fsp3) is 0.231. The third-order valence-corrected chi connectivity index (χ3v) is 7.93. The molecule has 0 aliphatic rings. The first-order valence-electron chi connectivity index (χ1n) is 10.3. The van der Waals surface area contributed by atoms with Crippen LogP contribution in [0.4, 0.5) is 0 Å². The van der Waals surface area contributed by atoms with Crippen LogP contribution >= 0.6 is 22.7 Å². The molecule has 5 aromatic rings. The summed E-state index contributed by atoms with van der Waals surface area (Å²) >= 11 is 3.92. The number of hydrogen-bond acceptors (Lipinski definition) is 2. The van der Waals surface area contributed by atoms with Crippen molar-refractivity contribution in [1.82, 2.24) is 0 Å². The van der Waals surface area contributed by atoms with Crippen molar-refractivity contribution in [3.8, 4) is 10.4 Å². The average molecular weight is 401 g/mol. The smallest absolute Gasteiger partial charge is 0.0460 e. The van der Waals surface area contributed by atoms with Crippen molar-refractivity contribution in [2.75, 3.05) is 0 Å². The predicted octanol–water partition coefficient (Wildman–Crippen LogP) is 9.06. The standard InChI is InChI=1S/C26H24S2/c1-2-3-4-5-10-23-16-25-26(27-23)17-24(28-25)21-12-11-20-13-18-8-6-7-9-19(18)14-22(20)15-21/h6-9,11-17H,2-5,10H2,1H3. The SMILES string of the molecule is CCCCCCc1cc2sc(-c3ccc4cc5ccccc5cc4c3)cc2s1. The van der Waals surface area contributed by atoms with E-state index in [0.717, 1.165) is 0 Å². The van der Waals surface area contributed by atoms with Crippen molar-refractivity contribution in [3.63, 3.8) is 0 Å². The predicted molar refractivity (Wildman–Crippen MR) is 128 cm³/mol. The second kappa shape index (κ2) is 7.69. The van der Waals surface area contributed by atoms with Gasteiger partial charge in [-0.05, 0) is 70.3 Å². The highest BCUT2D eigenvalue weighted by molar-refractivity contribution is 7.29. The molecule has 0 saturated carbocycles. The maximum Gasteiger partial charge on any atom is 0.0460 e. The van der Waals surface area contributed by atoms with Crippen LogP contribution < -0.4 is 0 Å². The first-order chi connectivity index (χ1) is 13.8. The summed E-state index contributed by atoms with van der Waals surface area (Å²) in [5.74, 6) is 0. The van der Waals surface area contributed by atoms with E-state index in [9.17, 15) is 0 Å². The summed E-state index contributed by atoms with van der Waals surface area (Å²) in [6, 6.07) is 24.9. The number of unbranched alkanes of at least 4 members (excludes halogenated alkanes) is 3. The summed E-state index contributed by atoms with van der Waals surface area (Å²) in [4.78, 5) is 2.93. The van der Waals surface area contributed by atoms with Crippen molar-refractivity contribution in [2.24, 2.45) is 0 Å². The maximum atomic E-state index is 2.43. The minimum atomic E-state index is 1.24. The highest BCUT2D eigenvalue weighted by Crippen LogP contribution is 2.39. The number of aryl methyl sites for hydroxylation is 1. The molecule has 5 rings (SSSR count). The largest absolute Gasteiger partial charge is 0.139 e. The molecule has 0 aliphatic heterocycles. The van der Waals surface area contributed by atoms with Crippen LogP contribution in [0.1, 0.15) is 37.5 Å². The minimum Gasteiger partial charge on any atom is -0.139 e. The van der Waals surface area contributed by atoms with Gasteiger partial charge in [-0.1, -0.05) is 62.6 Å². The van der Waals surface area contributed by atoms with E-state index in [1.807, 2.05) is 22.7 Å². The van der Waals surface area contributed by atoms with E-state index < -0.39 is 0 Å². The summed E-state index contributed by atoms with van der Waals surface area (Å²) in [5, 5.41) is 5.26. The van der Waals surface area contributed by atoms with Crippen LogP contribution in [0.5, 0.6) is 0 Å². The van der Waals surface area contributed by atoms with Gasteiger partial charge in [0.05, 0.1) is 0 Å². The second-order valence-corrected chi connectivity index (χ2v) is 9.88. The Morgan fingerprint density at radius 2 is 1.39 bits per heavy atom. The summed E-state index contributed by atoms with van der Waals surface area (Å²) in [6.45, 7) is 2.28. The third kappa shape index (κ3) is 3.47. The molecule has 0 unspecified atom stereocenters. The lowest BCUT2D eigenvalue weighted by Gasteiger charge is -2.04. The molecule has 0 atom stereocenters. The molecule has 2 heteroatoms. The lowest BCUT2D eigenvalue weighted by molar-refractivity contribution is 0.670. The molecule has 3 aromatic carbocycles. The molecule has 2 heterocycles. The number of hydrogen-bond donors (Lipinski definition) is 0. The monoisotopic (exact) mass is 400 g/mol. The van der Waals surface area contributed by atoms with Gasteiger partial charge in [-0.15, -0.1) is 22.7 Å². The molecule has 0 nitrogen and oxygen atoms in total. The van der Waals surface area contributed by atoms with Gasteiger partial charge in [0.2, 0.25) is 0 Å². The zero-order valence-electron chi connectivity index (χ0n) is 16.2. The lowest BCUT2D eigenvalue weighted by Crippen LogP contribution is -1.80. The van der Waals surface area contributed by atoms with Crippen molar-refractivity contribution in [1.29, 1.82) is 0 Å². The number of thiophene rings is 2. The molecule has 0 radical (unpaired) electrons. The molecule has 0 aliphatic carbocycles. The van der Waals surface area contributed by atoms with E-state index in [1.165, 1.54) is 73.5 Å². The zero-order valence-corrected chi connectivity index (χ0v) is 17.8. The quantitative estimate of drug-likeness (QED) is 0.197. The van der Waals surface area contributed by atoms with Gasteiger partial charge in [0.1, 0.15) is 0 Å². The Hall–Kier alpha value is -2.16. The summed E-state index contributed by atoms with van der Waals surface area (Å²) in [6.07, 6.45) is 6.60. The van der Waals surface area contributed by atoms with Gasteiger partial charge >= 0.3 is 0 Å². The number of fused-ring (bicyclic) bond motifs is 3. The fourth-order valence-electron chi connectivity index (χ4n) is 3.97. The van der Waals surface area contributed by atoms with Crippen LogP contribution in [0.3, 0.4) is 0 Å². The maximum absolute atomic E-state index is 2.43. The van der Waals surface area contributed by atoms with Crippen molar-refractivity contribution in [2.45, 2.75) is 39.0 Å². The normalized spacial score (nSPS) is 11.8. The topological polar surface area (TPSA) is 0 Å². The zero-order chi connectivity index (χ0) is 18.9. The number of rotatable bonds is 6. The second-order valence-electron chi connectivity index (χ2n) is 7.62. The molecule has 0 saturated heterocycles. The number of benzene rings is 3. The van der Waals surface area contributed by atoms with Gasteiger partial charge in [-0.3, -0.25) is 0 Å². The summed E-state index contributed by atoms with van der Waals surface area (Å²) in [7, 11) is 0. The van der Waals surface area contributed by atoms with Crippen molar-refractivity contribution >= 4 is 53.6 Å². The van der Waals surface area contributed by atoms with Gasteiger partial charge < -0.3 is 0 Å². The molecule has 0 spiro atoms. The van der Waals surface area contributed by atoms with E-state index in [4.69, 9.17) is 0 Å². The molecule has 140 valence electrons. The van der Waals surface area contributed by atoms with Crippen LogP contribution in [0, 0.1) is 0 Å². The molecule has 0 bridgehead atoms. The minimum absolute atomic E-state index is 1.24. The van der Waals surface area contributed by atoms with E-state index in [2.05, 4.69) is 73.7 Å². The Labute approximate surface area is 174 Å². The van der Waals surface area contributed by atoms with Crippen LogP contribution in [0.15, 0.2) is 66.7 Å². The van der Waals surface area contributed by atoms with Crippen LogP contribution in [-0.2, 0) is 6.42 Å². The molecule has 0 N–H and O–H groups in total. The highest BCUT2D eigenvalue weighted by Gasteiger charge is 2.09. The first-order valence-corrected chi connectivity index (χ1v) is 11.9. The van der Waals surface area contributed by atoms with Gasteiger partial charge in [0, 0.05) is 19.2 Å². The van der Waals surface area contributed by atoms with Crippen molar-refractivity contribution in [3.05, 3.63) is 71.6 Å². The Morgan fingerprint density at radius 1 is 0.643 bits per heavy atom. The van der Waals surface area contributed by atoms with E-state index >= 15 is 0 Å². The fourth-order valence-corrected chi connectivity index (χ4v) is 6.43. The van der Waals surface area contributed by atoms with E-state index in [1.54, 1.807) is 4.88 Å². The van der Waals surface area contributed by atoms with Gasteiger partial charge in [-0.2, -0.15) is 0 Å². The van der Waals surface area contributed by atoms with Gasteiger partial charge in [0.15, 0.2) is 0 Å². The Kier molecular flexibility index (Phi) is 4.92. The molecule has 28 heavy (non-hydrogen) atoms. The van der Waals surface area contributed by atoms with E-state index in [0.29, 0.717) is 0 Å². The summed E-state index contributed by atoms with van der Waals surface area (Å²) < 4.78 is 2.90. The Morgan fingerprint density at radius 3 is 2.18 bits per heavy atom. The van der Waals surface area contributed by atoms with Crippen molar-refractivity contribution < 1.29 is 0 Å². The molecule has 2 aromatic heterocycles. The molecule has 0 amide bonds. The van der Waals surface area contributed by atoms with Gasteiger partial charge in [0.25, 0.3) is 0 Å². The molecular weight excluding hydrogens is 376 g/mol.